The average Bonchev–Trinajstić information content (AvgIpc) is 2.09. The molecule has 0 amide bonds. The molecule has 0 N–H and O–H groups in total. The summed E-state index contributed by atoms with van der Waals surface area (Å²) in [6, 6.07) is 0. The molecular formula is C8H13NO. The molecule has 2 heteroatoms. The van der Waals surface area contributed by atoms with Crippen molar-refractivity contribution in [2.45, 2.75) is 38.2 Å². The minimum absolute atomic E-state index is 0.0677. The normalized spacial score (nSPS) is 39.3. The summed E-state index contributed by atoms with van der Waals surface area (Å²) in [7, 11) is 0. The predicted octanol–water partition coefficient (Wildman–Crippen LogP) is 1.95. The van der Waals surface area contributed by atoms with Gasteiger partial charge in [-0.25, -0.2) is 0 Å². The summed E-state index contributed by atoms with van der Waals surface area (Å²) >= 11 is 0. The van der Waals surface area contributed by atoms with Crippen molar-refractivity contribution in [3.63, 3.8) is 0 Å². The van der Waals surface area contributed by atoms with Gasteiger partial charge < -0.3 is 4.84 Å². The zero-order valence-corrected chi connectivity index (χ0v) is 6.34. The van der Waals surface area contributed by atoms with Gasteiger partial charge in [0.2, 0.25) is 0 Å². The predicted molar refractivity (Wildman–Crippen MR) is 39.9 cm³/mol. The van der Waals surface area contributed by atoms with Crippen molar-refractivity contribution < 1.29 is 4.84 Å². The number of nitrogens with zero attached hydrogens (tertiary/aromatic N) is 1. The van der Waals surface area contributed by atoms with Gasteiger partial charge in [-0.1, -0.05) is 11.6 Å². The first-order chi connectivity index (χ1) is 4.81. The average molecular weight is 139 g/mol. The van der Waals surface area contributed by atoms with Crippen LogP contribution < -0.4 is 0 Å². The second kappa shape index (κ2) is 1.97. The first-order valence-electron chi connectivity index (χ1n) is 4.01. The molecule has 2 nitrogen and oxygen atoms in total. The molecule has 1 saturated carbocycles. The first kappa shape index (κ1) is 6.20. The maximum absolute atomic E-state index is 5.31. The third-order valence-corrected chi connectivity index (χ3v) is 2.80. The molecular weight excluding hydrogens is 126 g/mol. The maximum atomic E-state index is 5.31. The lowest BCUT2D eigenvalue weighted by molar-refractivity contribution is -0.0738. The van der Waals surface area contributed by atoms with Gasteiger partial charge in [0, 0.05) is 18.6 Å². The van der Waals surface area contributed by atoms with Gasteiger partial charge in [0.05, 0.1) is 0 Å². The zero-order valence-electron chi connectivity index (χ0n) is 6.34. The lowest BCUT2D eigenvalue weighted by atomic mass is 9.73. The summed E-state index contributed by atoms with van der Waals surface area (Å²) in [6.45, 7) is 2.17. The van der Waals surface area contributed by atoms with E-state index in [9.17, 15) is 0 Å². The smallest absolute Gasteiger partial charge is 0.142 e. The molecule has 1 atom stereocenters. The summed E-state index contributed by atoms with van der Waals surface area (Å²) in [5.74, 6) is 0.773. The minimum Gasteiger partial charge on any atom is -0.389 e. The molecule has 0 radical (unpaired) electrons. The second-order valence-corrected chi connectivity index (χ2v) is 3.52. The molecule has 2 aliphatic rings. The van der Waals surface area contributed by atoms with E-state index in [4.69, 9.17) is 4.84 Å². The van der Waals surface area contributed by atoms with Crippen LogP contribution in [0.25, 0.3) is 0 Å². The van der Waals surface area contributed by atoms with E-state index < -0.39 is 0 Å². The molecule has 1 aliphatic heterocycles. The van der Waals surface area contributed by atoms with E-state index in [1.807, 2.05) is 6.21 Å². The largest absolute Gasteiger partial charge is 0.389 e. The Morgan fingerprint density at radius 1 is 1.60 bits per heavy atom. The number of rotatable bonds is 1. The molecule has 10 heavy (non-hydrogen) atoms. The Kier molecular flexibility index (Phi) is 1.22. The highest BCUT2D eigenvalue weighted by Gasteiger charge is 2.41. The minimum atomic E-state index is 0.0677. The van der Waals surface area contributed by atoms with Crippen LogP contribution in [0.15, 0.2) is 5.16 Å². The molecule has 1 aliphatic carbocycles. The highest BCUT2D eigenvalue weighted by atomic mass is 16.7. The molecule has 2 rings (SSSR count). The second-order valence-electron chi connectivity index (χ2n) is 3.52. The SMILES string of the molecule is CC1(C2CCC2)CC=NO1. The van der Waals surface area contributed by atoms with Gasteiger partial charge in [-0.05, 0) is 19.8 Å². The van der Waals surface area contributed by atoms with Crippen LogP contribution in [0.3, 0.4) is 0 Å². The highest BCUT2D eigenvalue weighted by Crippen LogP contribution is 2.41. The molecule has 0 aromatic heterocycles. The topological polar surface area (TPSA) is 21.6 Å². The lowest BCUT2D eigenvalue weighted by Crippen LogP contribution is -2.38. The number of oxime groups is 1. The van der Waals surface area contributed by atoms with Crippen LogP contribution in [0.4, 0.5) is 0 Å². The fraction of sp³-hybridized carbons (Fsp3) is 0.875. The Hall–Kier alpha value is -0.530. The molecule has 1 fully saturated rings. The van der Waals surface area contributed by atoms with Crippen molar-refractivity contribution >= 4 is 6.21 Å². The van der Waals surface area contributed by atoms with Crippen molar-refractivity contribution in [2.75, 3.05) is 0 Å². The summed E-state index contributed by atoms with van der Waals surface area (Å²) in [5, 5.41) is 3.81. The van der Waals surface area contributed by atoms with Crippen molar-refractivity contribution in [1.29, 1.82) is 0 Å². The third-order valence-electron chi connectivity index (χ3n) is 2.80. The monoisotopic (exact) mass is 139 g/mol. The fourth-order valence-electron chi connectivity index (χ4n) is 1.67. The summed E-state index contributed by atoms with van der Waals surface area (Å²) < 4.78 is 0. The van der Waals surface area contributed by atoms with Gasteiger partial charge in [0.15, 0.2) is 0 Å². The van der Waals surface area contributed by atoms with Gasteiger partial charge in [-0.2, -0.15) is 0 Å². The molecule has 1 heterocycles. The van der Waals surface area contributed by atoms with Gasteiger partial charge >= 0.3 is 0 Å². The zero-order chi connectivity index (χ0) is 7.03. The quantitative estimate of drug-likeness (QED) is 0.544. The van der Waals surface area contributed by atoms with Crippen molar-refractivity contribution in [1.82, 2.24) is 0 Å². The van der Waals surface area contributed by atoms with Gasteiger partial charge in [-0.15, -0.1) is 0 Å². The molecule has 56 valence electrons. The molecule has 0 saturated heterocycles. The standard InChI is InChI=1S/C8H13NO/c1-8(5-6-9-10-8)7-3-2-4-7/h6-7H,2-5H2,1H3. The fourth-order valence-corrected chi connectivity index (χ4v) is 1.67. The summed E-state index contributed by atoms with van der Waals surface area (Å²) in [6.07, 6.45) is 6.94. The van der Waals surface area contributed by atoms with E-state index in [1.54, 1.807) is 0 Å². The van der Waals surface area contributed by atoms with Crippen molar-refractivity contribution in [3.05, 3.63) is 0 Å². The van der Waals surface area contributed by atoms with Crippen LogP contribution in [-0.4, -0.2) is 11.8 Å². The summed E-state index contributed by atoms with van der Waals surface area (Å²) in [4.78, 5) is 5.31. The van der Waals surface area contributed by atoms with Crippen LogP contribution in [-0.2, 0) is 4.84 Å². The van der Waals surface area contributed by atoms with E-state index in [0.717, 1.165) is 12.3 Å². The van der Waals surface area contributed by atoms with Crippen LogP contribution in [0, 0.1) is 5.92 Å². The van der Waals surface area contributed by atoms with Gasteiger partial charge in [-0.3, -0.25) is 0 Å². The Morgan fingerprint density at radius 2 is 2.40 bits per heavy atom. The van der Waals surface area contributed by atoms with E-state index in [2.05, 4.69) is 12.1 Å². The first-order valence-corrected chi connectivity index (χ1v) is 4.01. The van der Waals surface area contributed by atoms with E-state index in [0.29, 0.717) is 0 Å². The third kappa shape index (κ3) is 0.746. The lowest BCUT2D eigenvalue weighted by Gasteiger charge is -2.37. The number of hydrogen-bond acceptors (Lipinski definition) is 2. The Balaban J connectivity index is 2.00. The van der Waals surface area contributed by atoms with E-state index in [1.165, 1.54) is 19.3 Å². The van der Waals surface area contributed by atoms with Crippen LogP contribution in [0.5, 0.6) is 0 Å². The summed E-state index contributed by atoms with van der Waals surface area (Å²) in [5.41, 5.74) is 0.0677. The number of hydrogen-bond donors (Lipinski definition) is 0. The van der Waals surface area contributed by atoms with Crippen LogP contribution >= 0.6 is 0 Å². The Bertz CT molecular complexity index is 153. The van der Waals surface area contributed by atoms with Crippen molar-refractivity contribution in [3.8, 4) is 0 Å². The highest BCUT2D eigenvalue weighted by molar-refractivity contribution is 5.59. The van der Waals surface area contributed by atoms with Crippen LogP contribution in [0.1, 0.15) is 32.6 Å². The van der Waals surface area contributed by atoms with E-state index >= 15 is 0 Å². The molecule has 0 aromatic carbocycles. The van der Waals surface area contributed by atoms with E-state index in [-0.39, 0.29) is 5.60 Å². The van der Waals surface area contributed by atoms with Gasteiger partial charge in [0.25, 0.3) is 0 Å². The molecule has 0 aromatic rings. The van der Waals surface area contributed by atoms with Crippen molar-refractivity contribution in [2.24, 2.45) is 11.1 Å². The molecule has 1 unspecified atom stereocenters. The maximum Gasteiger partial charge on any atom is 0.142 e. The molecule has 0 spiro atoms. The van der Waals surface area contributed by atoms with Crippen LogP contribution in [0.2, 0.25) is 0 Å². The molecule has 0 bridgehead atoms. The Morgan fingerprint density at radius 3 is 2.80 bits per heavy atom. The van der Waals surface area contributed by atoms with Gasteiger partial charge in [0.1, 0.15) is 5.60 Å². The Labute approximate surface area is 61.2 Å².